The molecule has 0 bridgehead atoms. The van der Waals surface area contributed by atoms with Crippen molar-refractivity contribution in [2.24, 2.45) is 5.73 Å². The predicted molar refractivity (Wildman–Crippen MR) is 84.9 cm³/mol. The number of hydrogen-bond donors (Lipinski definition) is 1. The lowest BCUT2D eigenvalue weighted by atomic mass is 9.85. The van der Waals surface area contributed by atoms with Gasteiger partial charge in [-0.3, -0.25) is 4.90 Å². The topological polar surface area (TPSA) is 41.7 Å². The van der Waals surface area contributed by atoms with Crippen molar-refractivity contribution in [2.45, 2.75) is 37.3 Å². The number of fused-ring (bicyclic) bond motifs is 2. The molecule has 3 aliphatic heterocycles. The summed E-state index contributed by atoms with van der Waals surface area (Å²) in [6.07, 6.45) is 4.86. The second-order valence-corrected chi connectivity index (χ2v) is 6.57. The van der Waals surface area contributed by atoms with Crippen LogP contribution in [0.25, 0.3) is 0 Å². The predicted octanol–water partition coefficient (Wildman–Crippen LogP) is 1.84. The van der Waals surface area contributed by atoms with E-state index in [1.54, 1.807) is 0 Å². The molecule has 3 aliphatic rings. The van der Waals surface area contributed by atoms with E-state index in [0.717, 1.165) is 31.9 Å². The lowest BCUT2D eigenvalue weighted by molar-refractivity contribution is 0.255. The van der Waals surface area contributed by atoms with E-state index < -0.39 is 0 Å². The number of para-hydroxylation sites is 2. The zero-order valence-corrected chi connectivity index (χ0v) is 12.6. The third-order valence-electron chi connectivity index (χ3n) is 5.65. The summed E-state index contributed by atoms with van der Waals surface area (Å²) in [4.78, 5) is 5.24. The zero-order chi connectivity index (χ0) is 14.3. The van der Waals surface area contributed by atoms with Crippen molar-refractivity contribution in [2.75, 3.05) is 37.7 Å². The van der Waals surface area contributed by atoms with Gasteiger partial charge >= 0.3 is 0 Å². The average molecular weight is 287 g/mol. The molecule has 3 heterocycles. The maximum atomic E-state index is 6.35. The summed E-state index contributed by atoms with van der Waals surface area (Å²) in [6.45, 7) is 5.05. The number of anilines is 1. The van der Waals surface area contributed by atoms with Gasteiger partial charge in [-0.25, -0.2) is 0 Å². The van der Waals surface area contributed by atoms with Crippen LogP contribution in [-0.4, -0.2) is 49.3 Å². The van der Waals surface area contributed by atoms with Gasteiger partial charge in [-0.05, 0) is 44.4 Å². The van der Waals surface area contributed by atoms with Crippen LogP contribution in [0.15, 0.2) is 24.3 Å². The van der Waals surface area contributed by atoms with E-state index in [2.05, 4.69) is 34.1 Å². The smallest absolute Gasteiger partial charge is 0.142 e. The average Bonchev–Trinajstić information content (AvgIpc) is 3.05. The molecule has 4 nitrogen and oxygen atoms in total. The molecule has 2 unspecified atom stereocenters. The molecule has 2 atom stereocenters. The maximum Gasteiger partial charge on any atom is 0.142 e. The van der Waals surface area contributed by atoms with Gasteiger partial charge in [-0.15, -0.1) is 0 Å². The molecule has 0 spiro atoms. The molecule has 114 valence electrons. The Balaban J connectivity index is 1.77. The monoisotopic (exact) mass is 287 g/mol. The van der Waals surface area contributed by atoms with Crippen molar-refractivity contribution in [3.05, 3.63) is 24.3 Å². The molecular formula is C17H25N3O. The summed E-state index contributed by atoms with van der Waals surface area (Å²) in [5.41, 5.74) is 7.70. The SMILES string of the molecule is NCC1(N2CCCOc3ccccc32)CCN2CCCC21. The van der Waals surface area contributed by atoms with Gasteiger partial charge in [-0.1, -0.05) is 12.1 Å². The number of nitrogens with zero attached hydrogens (tertiary/aromatic N) is 2. The highest BCUT2D eigenvalue weighted by Crippen LogP contribution is 2.44. The van der Waals surface area contributed by atoms with Crippen molar-refractivity contribution in [1.82, 2.24) is 4.90 Å². The van der Waals surface area contributed by atoms with Gasteiger partial charge in [0.1, 0.15) is 5.75 Å². The van der Waals surface area contributed by atoms with Crippen LogP contribution in [0.4, 0.5) is 5.69 Å². The van der Waals surface area contributed by atoms with E-state index >= 15 is 0 Å². The van der Waals surface area contributed by atoms with Gasteiger partial charge < -0.3 is 15.4 Å². The third kappa shape index (κ3) is 1.96. The molecule has 2 saturated heterocycles. The van der Waals surface area contributed by atoms with Crippen molar-refractivity contribution in [1.29, 1.82) is 0 Å². The van der Waals surface area contributed by atoms with E-state index in [1.807, 2.05) is 0 Å². The van der Waals surface area contributed by atoms with E-state index in [0.29, 0.717) is 6.04 Å². The molecule has 0 aliphatic carbocycles. The van der Waals surface area contributed by atoms with Crippen molar-refractivity contribution < 1.29 is 4.74 Å². The molecule has 21 heavy (non-hydrogen) atoms. The Kier molecular flexibility index (Phi) is 3.31. The Morgan fingerprint density at radius 1 is 1.19 bits per heavy atom. The minimum absolute atomic E-state index is 0.0975. The molecule has 4 heteroatoms. The van der Waals surface area contributed by atoms with Gasteiger partial charge in [0, 0.05) is 25.7 Å². The Labute approximate surface area is 126 Å². The first-order valence-corrected chi connectivity index (χ1v) is 8.29. The molecule has 1 aromatic carbocycles. The fourth-order valence-electron chi connectivity index (χ4n) is 4.66. The first kappa shape index (κ1) is 13.4. The molecule has 0 radical (unpaired) electrons. The van der Waals surface area contributed by atoms with Gasteiger partial charge in [0.25, 0.3) is 0 Å². The first-order chi connectivity index (χ1) is 10.3. The number of hydrogen-bond acceptors (Lipinski definition) is 4. The number of nitrogens with two attached hydrogens (primary N) is 1. The normalized spacial score (nSPS) is 32.4. The zero-order valence-electron chi connectivity index (χ0n) is 12.6. The summed E-state index contributed by atoms with van der Waals surface area (Å²) in [6, 6.07) is 9.10. The quantitative estimate of drug-likeness (QED) is 0.901. The van der Waals surface area contributed by atoms with E-state index in [-0.39, 0.29) is 5.54 Å². The highest BCUT2D eigenvalue weighted by Gasteiger charge is 2.52. The van der Waals surface area contributed by atoms with E-state index in [1.165, 1.54) is 38.0 Å². The summed E-state index contributed by atoms with van der Waals surface area (Å²) < 4.78 is 5.94. The van der Waals surface area contributed by atoms with E-state index in [4.69, 9.17) is 10.5 Å². The molecule has 2 fully saturated rings. The molecule has 0 aromatic heterocycles. The van der Waals surface area contributed by atoms with Crippen LogP contribution in [0, 0.1) is 0 Å². The summed E-state index contributed by atoms with van der Waals surface area (Å²) in [5, 5.41) is 0. The van der Waals surface area contributed by atoms with Crippen LogP contribution < -0.4 is 15.4 Å². The van der Waals surface area contributed by atoms with Crippen LogP contribution in [0.1, 0.15) is 25.7 Å². The molecule has 0 saturated carbocycles. The van der Waals surface area contributed by atoms with Crippen LogP contribution in [0.2, 0.25) is 0 Å². The van der Waals surface area contributed by atoms with Crippen LogP contribution in [-0.2, 0) is 0 Å². The third-order valence-corrected chi connectivity index (χ3v) is 5.65. The number of benzene rings is 1. The Bertz CT molecular complexity index is 521. The second kappa shape index (κ2) is 5.18. The molecule has 1 aromatic rings. The van der Waals surface area contributed by atoms with Crippen molar-refractivity contribution in [3.8, 4) is 5.75 Å². The first-order valence-electron chi connectivity index (χ1n) is 8.29. The van der Waals surface area contributed by atoms with Gasteiger partial charge in [0.2, 0.25) is 0 Å². The Morgan fingerprint density at radius 3 is 3.00 bits per heavy atom. The summed E-state index contributed by atoms with van der Waals surface area (Å²) in [7, 11) is 0. The van der Waals surface area contributed by atoms with Crippen LogP contribution >= 0.6 is 0 Å². The van der Waals surface area contributed by atoms with Crippen LogP contribution in [0.5, 0.6) is 5.75 Å². The Hall–Kier alpha value is -1.26. The highest BCUT2D eigenvalue weighted by atomic mass is 16.5. The van der Waals surface area contributed by atoms with Gasteiger partial charge in [0.05, 0.1) is 17.8 Å². The molecular weight excluding hydrogens is 262 g/mol. The van der Waals surface area contributed by atoms with Crippen molar-refractivity contribution in [3.63, 3.8) is 0 Å². The molecule has 4 rings (SSSR count). The lowest BCUT2D eigenvalue weighted by Gasteiger charge is -2.45. The minimum Gasteiger partial charge on any atom is -0.491 e. The molecule has 2 N–H and O–H groups in total. The fraction of sp³-hybridized carbons (Fsp3) is 0.647. The number of rotatable bonds is 2. The van der Waals surface area contributed by atoms with E-state index in [9.17, 15) is 0 Å². The van der Waals surface area contributed by atoms with Crippen molar-refractivity contribution >= 4 is 5.69 Å². The summed E-state index contributed by atoms with van der Waals surface area (Å²) in [5.74, 6) is 1.03. The summed E-state index contributed by atoms with van der Waals surface area (Å²) >= 11 is 0. The second-order valence-electron chi connectivity index (χ2n) is 6.57. The van der Waals surface area contributed by atoms with Crippen LogP contribution in [0.3, 0.4) is 0 Å². The van der Waals surface area contributed by atoms with Gasteiger partial charge in [-0.2, -0.15) is 0 Å². The number of ether oxygens (including phenoxy) is 1. The largest absolute Gasteiger partial charge is 0.491 e. The lowest BCUT2D eigenvalue weighted by Crippen LogP contribution is -2.60. The van der Waals surface area contributed by atoms with Gasteiger partial charge in [0.15, 0.2) is 0 Å². The molecule has 0 amide bonds. The Morgan fingerprint density at radius 2 is 2.10 bits per heavy atom. The fourth-order valence-corrected chi connectivity index (χ4v) is 4.66. The standard InChI is InChI=1S/C17H25N3O/c18-13-17(8-11-19-9-3-7-16(17)19)20-10-4-12-21-15-6-2-1-5-14(15)20/h1-2,5-6,16H,3-4,7-13,18H2. The maximum absolute atomic E-state index is 6.35. The highest BCUT2D eigenvalue weighted by molar-refractivity contribution is 5.61. The minimum atomic E-state index is 0.0975.